The second-order valence-corrected chi connectivity index (χ2v) is 5.23. The van der Waals surface area contributed by atoms with Crippen LogP contribution in [0.3, 0.4) is 0 Å². The molecule has 1 aromatic carbocycles. The van der Waals surface area contributed by atoms with E-state index in [2.05, 4.69) is 19.2 Å². The van der Waals surface area contributed by atoms with Crippen LogP contribution in [-0.2, 0) is 4.74 Å². The molecule has 1 unspecified atom stereocenters. The highest BCUT2D eigenvalue weighted by molar-refractivity contribution is 5.96. The number of para-hydroxylation sites is 1. The molecule has 3 heteroatoms. The van der Waals surface area contributed by atoms with Crippen molar-refractivity contribution in [3.63, 3.8) is 0 Å². The molecular weight excluding hydrogens is 250 g/mol. The molecule has 0 radical (unpaired) electrons. The molecule has 0 saturated heterocycles. The zero-order valence-electron chi connectivity index (χ0n) is 13.2. The Morgan fingerprint density at radius 1 is 1.30 bits per heavy atom. The van der Waals surface area contributed by atoms with E-state index in [1.165, 1.54) is 26.4 Å². The van der Waals surface area contributed by atoms with Crippen molar-refractivity contribution in [2.24, 2.45) is 0 Å². The maximum atomic E-state index is 11.9. The minimum absolute atomic E-state index is 0.278. The van der Waals surface area contributed by atoms with Gasteiger partial charge in [0.15, 0.2) is 0 Å². The Morgan fingerprint density at radius 3 is 2.65 bits per heavy atom. The first-order valence-electron chi connectivity index (χ1n) is 7.58. The summed E-state index contributed by atoms with van der Waals surface area (Å²) in [6, 6.07) is 6.14. The third-order valence-corrected chi connectivity index (χ3v) is 3.68. The first kappa shape index (κ1) is 16.5. The maximum Gasteiger partial charge on any atom is 0.339 e. The molecule has 0 heterocycles. The molecule has 1 N–H and O–H groups in total. The van der Waals surface area contributed by atoms with E-state index in [-0.39, 0.29) is 5.97 Å². The Labute approximate surface area is 122 Å². The molecule has 0 amide bonds. The highest BCUT2D eigenvalue weighted by Crippen LogP contribution is 2.24. The van der Waals surface area contributed by atoms with Gasteiger partial charge in [0.05, 0.1) is 18.4 Å². The van der Waals surface area contributed by atoms with Gasteiger partial charge >= 0.3 is 5.97 Å². The van der Waals surface area contributed by atoms with Crippen LogP contribution >= 0.6 is 0 Å². The van der Waals surface area contributed by atoms with Gasteiger partial charge in [0.1, 0.15) is 0 Å². The molecule has 0 saturated carbocycles. The molecule has 0 aliphatic heterocycles. The fourth-order valence-electron chi connectivity index (χ4n) is 2.36. The average molecular weight is 277 g/mol. The molecule has 0 aliphatic rings. The topological polar surface area (TPSA) is 38.3 Å². The summed E-state index contributed by atoms with van der Waals surface area (Å²) in [7, 11) is 1.42. The van der Waals surface area contributed by atoms with Crippen molar-refractivity contribution >= 4 is 11.7 Å². The Kier molecular flexibility index (Phi) is 7.13. The first-order valence-corrected chi connectivity index (χ1v) is 7.58. The van der Waals surface area contributed by atoms with Gasteiger partial charge in [-0.25, -0.2) is 4.79 Å². The summed E-state index contributed by atoms with van der Waals surface area (Å²) < 4.78 is 4.87. The molecule has 1 rings (SSSR count). The molecule has 1 atom stereocenters. The van der Waals surface area contributed by atoms with E-state index < -0.39 is 0 Å². The van der Waals surface area contributed by atoms with Crippen LogP contribution in [0, 0.1) is 6.92 Å². The van der Waals surface area contributed by atoms with Crippen LogP contribution < -0.4 is 5.32 Å². The zero-order valence-corrected chi connectivity index (χ0v) is 13.2. The zero-order chi connectivity index (χ0) is 15.0. The number of unbranched alkanes of at least 4 members (excludes halogenated alkanes) is 2. The standard InChI is InChI=1S/C17H27NO2/c1-5-7-8-11-14(6-2)18-16-13(3)10-9-12-15(16)17(19)20-4/h9-10,12,14,18H,5-8,11H2,1-4H3. The van der Waals surface area contributed by atoms with Crippen molar-refractivity contribution in [1.29, 1.82) is 0 Å². The van der Waals surface area contributed by atoms with Gasteiger partial charge in [0.25, 0.3) is 0 Å². The Morgan fingerprint density at radius 2 is 2.05 bits per heavy atom. The monoisotopic (exact) mass is 277 g/mol. The van der Waals surface area contributed by atoms with Crippen molar-refractivity contribution in [2.45, 2.75) is 58.9 Å². The predicted octanol–water partition coefficient (Wildman–Crippen LogP) is 4.55. The van der Waals surface area contributed by atoms with Gasteiger partial charge < -0.3 is 10.1 Å². The largest absolute Gasteiger partial charge is 0.465 e. The lowest BCUT2D eigenvalue weighted by Gasteiger charge is -2.21. The summed E-state index contributed by atoms with van der Waals surface area (Å²) in [6.07, 6.45) is 5.91. The number of hydrogen-bond donors (Lipinski definition) is 1. The van der Waals surface area contributed by atoms with E-state index in [9.17, 15) is 4.79 Å². The average Bonchev–Trinajstić information content (AvgIpc) is 2.47. The van der Waals surface area contributed by atoms with Crippen LogP contribution in [0.2, 0.25) is 0 Å². The van der Waals surface area contributed by atoms with E-state index >= 15 is 0 Å². The number of nitrogens with one attached hydrogen (secondary N) is 1. The SMILES string of the molecule is CCCCCC(CC)Nc1c(C)cccc1C(=O)OC. The van der Waals surface area contributed by atoms with Crippen molar-refractivity contribution < 1.29 is 9.53 Å². The quantitative estimate of drug-likeness (QED) is 0.559. The third kappa shape index (κ3) is 4.55. The Hall–Kier alpha value is -1.51. The first-order chi connectivity index (χ1) is 9.63. The van der Waals surface area contributed by atoms with Crippen molar-refractivity contribution in [1.82, 2.24) is 0 Å². The van der Waals surface area contributed by atoms with Crippen LogP contribution in [0.5, 0.6) is 0 Å². The molecule has 0 aromatic heterocycles. The number of ether oxygens (including phenoxy) is 1. The van der Waals surface area contributed by atoms with E-state index in [1.54, 1.807) is 0 Å². The summed E-state index contributed by atoms with van der Waals surface area (Å²) in [5.41, 5.74) is 2.63. The summed E-state index contributed by atoms with van der Waals surface area (Å²) in [6.45, 7) is 6.42. The fourth-order valence-corrected chi connectivity index (χ4v) is 2.36. The molecule has 112 valence electrons. The molecule has 20 heavy (non-hydrogen) atoms. The van der Waals surface area contributed by atoms with E-state index in [0.29, 0.717) is 11.6 Å². The van der Waals surface area contributed by atoms with Gasteiger partial charge in [-0.2, -0.15) is 0 Å². The number of carbonyl (C=O) groups is 1. The lowest BCUT2D eigenvalue weighted by molar-refractivity contribution is 0.0601. The number of benzene rings is 1. The van der Waals surface area contributed by atoms with Crippen LogP contribution in [0.1, 0.15) is 61.9 Å². The van der Waals surface area contributed by atoms with E-state index in [0.717, 1.165) is 24.1 Å². The van der Waals surface area contributed by atoms with Crippen molar-refractivity contribution in [2.75, 3.05) is 12.4 Å². The van der Waals surface area contributed by atoms with Crippen molar-refractivity contribution in [3.8, 4) is 0 Å². The molecule has 3 nitrogen and oxygen atoms in total. The predicted molar refractivity (Wildman–Crippen MR) is 84.4 cm³/mol. The lowest BCUT2D eigenvalue weighted by Crippen LogP contribution is -2.21. The van der Waals surface area contributed by atoms with Gasteiger partial charge in [0, 0.05) is 6.04 Å². The van der Waals surface area contributed by atoms with Crippen LogP contribution in [0.15, 0.2) is 18.2 Å². The Balaban J connectivity index is 2.85. The summed E-state index contributed by atoms with van der Waals surface area (Å²) >= 11 is 0. The van der Waals surface area contributed by atoms with Gasteiger partial charge in [-0.15, -0.1) is 0 Å². The lowest BCUT2D eigenvalue weighted by atomic mass is 10.0. The summed E-state index contributed by atoms with van der Waals surface area (Å²) in [5.74, 6) is -0.278. The number of esters is 1. The highest BCUT2D eigenvalue weighted by atomic mass is 16.5. The highest BCUT2D eigenvalue weighted by Gasteiger charge is 2.16. The van der Waals surface area contributed by atoms with E-state index in [1.807, 2.05) is 25.1 Å². The molecule has 0 fully saturated rings. The van der Waals surface area contributed by atoms with Crippen LogP contribution in [0.4, 0.5) is 5.69 Å². The maximum absolute atomic E-state index is 11.9. The molecule has 0 spiro atoms. The Bertz CT molecular complexity index is 429. The molecule has 1 aromatic rings. The van der Waals surface area contributed by atoms with Gasteiger partial charge in [-0.3, -0.25) is 0 Å². The third-order valence-electron chi connectivity index (χ3n) is 3.68. The number of aryl methyl sites for hydroxylation is 1. The van der Waals surface area contributed by atoms with Crippen LogP contribution in [0.25, 0.3) is 0 Å². The number of hydrogen-bond acceptors (Lipinski definition) is 3. The molecule has 0 bridgehead atoms. The number of rotatable bonds is 8. The minimum Gasteiger partial charge on any atom is -0.465 e. The van der Waals surface area contributed by atoms with Gasteiger partial charge in [-0.1, -0.05) is 45.2 Å². The molecular formula is C17H27NO2. The number of anilines is 1. The number of carbonyl (C=O) groups excluding carboxylic acids is 1. The number of methoxy groups -OCH3 is 1. The summed E-state index contributed by atoms with van der Waals surface area (Å²) in [5, 5.41) is 3.54. The second-order valence-electron chi connectivity index (χ2n) is 5.23. The van der Waals surface area contributed by atoms with Gasteiger partial charge in [0.2, 0.25) is 0 Å². The second kappa shape index (κ2) is 8.62. The fraction of sp³-hybridized carbons (Fsp3) is 0.588. The molecule has 0 aliphatic carbocycles. The van der Waals surface area contributed by atoms with Crippen LogP contribution in [-0.4, -0.2) is 19.1 Å². The van der Waals surface area contributed by atoms with Crippen molar-refractivity contribution in [3.05, 3.63) is 29.3 Å². The van der Waals surface area contributed by atoms with Gasteiger partial charge in [-0.05, 0) is 31.4 Å². The minimum atomic E-state index is -0.278. The van der Waals surface area contributed by atoms with E-state index in [4.69, 9.17) is 4.74 Å². The smallest absolute Gasteiger partial charge is 0.339 e. The normalized spacial score (nSPS) is 12.0. The summed E-state index contributed by atoms with van der Waals surface area (Å²) in [4.78, 5) is 11.9.